The van der Waals surface area contributed by atoms with E-state index in [1.165, 1.54) is 5.56 Å². The molecule has 0 aliphatic heterocycles. The predicted molar refractivity (Wildman–Crippen MR) is 96.8 cm³/mol. The number of aromatic nitrogens is 3. The van der Waals surface area contributed by atoms with Gasteiger partial charge < -0.3 is 9.26 Å². The summed E-state index contributed by atoms with van der Waals surface area (Å²) in [5.74, 6) is 1.82. The Morgan fingerprint density at radius 1 is 1.12 bits per heavy atom. The SMILES string of the molecule is CC(C)Oc1ccc(-c2noc(CCCc3ccncc3)n2)cc1Cl. The first kappa shape index (κ1) is 17.4. The molecule has 0 saturated heterocycles. The molecule has 0 bridgehead atoms. The van der Waals surface area contributed by atoms with Crippen LogP contribution in [0.1, 0.15) is 31.7 Å². The molecule has 0 radical (unpaired) electrons. The van der Waals surface area contributed by atoms with Crippen molar-refractivity contribution < 1.29 is 9.26 Å². The van der Waals surface area contributed by atoms with Crippen molar-refractivity contribution in [3.63, 3.8) is 0 Å². The van der Waals surface area contributed by atoms with E-state index < -0.39 is 0 Å². The van der Waals surface area contributed by atoms with Gasteiger partial charge in [-0.2, -0.15) is 4.98 Å². The number of nitrogens with zero attached hydrogens (tertiary/aromatic N) is 3. The summed E-state index contributed by atoms with van der Waals surface area (Å²) in [6, 6.07) is 9.54. The van der Waals surface area contributed by atoms with Gasteiger partial charge in [0.25, 0.3) is 0 Å². The van der Waals surface area contributed by atoms with Crippen molar-refractivity contribution in [2.24, 2.45) is 0 Å². The monoisotopic (exact) mass is 357 g/mol. The third kappa shape index (κ3) is 4.79. The lowest BCUT2D eigenvalue weighted by Crippen LogP contribution is -2.05. The number of benzene rings is 1. The van der Waals surface area contributed by atoms with Crippen LogP contribution in [0.2, 0.25) is 5.02 Å². The Bertz CT molecular complexity index is 819. The van der Waals surface area contributed by atoms with Crippen LogP contribution >= 0.6 is 11.6 Å². The Labute approximate surface area is 152 Å². The van der Waals surface area contributed by atoms with Crippen molar-refractivity contribution in [1.82, 2.24) is 15.1 Å². The van der Waals surface area contributed by atoms with Crippen molar-refractivity contribution in [2.75, 3.05) is 0 Å². The molecule has 6 heteroatoms. The van der Waals surface area contributed by atoms with Gasteiger partial charge in [-0.3, -0.25) is 4.98 Å². The summed E-state index contributed by atoms with van der Waals surface area (Å²) in [4.78, 5) is 8.47. The molecule has 0 saturated carbocycles. The van der Waals surface area contributed by atoms with Crippen LogP contribution in [0.3, 0.4) is 0 Å². The Kier molecular flexibility index (Phi) is 5.66. The van der Waals surface area contributed by atoms with Gasteiger partial charge in [-0.25, -0.2) is 0 Å². The van der Waals surface area contributed by atoms with Crippen LogP contribution in [0, 0.1) is 0 Å². The van der Waals surface area contributed by atoms with Crippen molar-refractivity contribution in [2.45, 2.75) is 39.2 Å². The first-order valence-corrected chi connectivity index (χ1v) is 8.67. The lowest BCUT2D eigenvalue weighted by atomic mass is 10.1. The van der Waals surface area contributed by atoms with E-state index in [-0.39, 0.29) is 6.10 Å². The normalized spacial score (nSPS) is 11.0. The van der Waals surface area contributed by atoms with Crippen LogP contribution < -0.4 is 4.74 Å². The molecule has 0 spiro atoms. The van der Waals surface area contributed by atoms with E-state index >= 15 is 0 Å². The molecule has 0 amide bonds. The highest BCUT2D eigenvalue weighted by molar-refractivity contribution is 6.32. The minimum Gasteiger partial charge on any atom is -0.489 e. The fourth-order valence-electron chi connectivity index (χ4n) is 2.46. The standard InChI is InChI=1S/C19H20ClN3O2/c1-13(2)24-17-7-6-15(12-16(17)20)19-22-18(25-23-19)5-3-4-14-8-10-21-11-9-14/h6-13H,3-5H2,1-2H3. The average molecular weight is 358 g/mol. The molecule has 0 fully saturated rings. The summed E-state index contributed by atoms with van der Waals surface area (Å²) in [7, 11) is 0. The van der Waals surface area contributed by atoms with Crippen LogP contribution in [0.15, 0.2) is 47.2 Å². The van der Waals surface area contributed by atoms with Gasteiger partial charge in [0, 0.05) is 24.4 Å². The molecule has 3 rings (SSSR count). The third-order valence-electron chi connectivity index (χ3n) is 3.63. The summed E-state index contributed by atoms with van der Waals surface area (Å²) in [5.41, 5.74) is 2.06. The molecule has 130 valence electrons. The molecule has 25 heavy (non-hydrogen) atoms. The maximum atomic E-state index is 6.27. The van der Waals surface area contributed by atoms with Crippen molar-refractivity contribution in [3.8, 4) is 17.1 Å². The predicted octanol–water partition coefficient (Wildman–Crippen LogP) is 4.75. The molecule has 0 aliphatic rings. The lowest BCUT2D eigenvalue weighted by Gasteiger charge is -2.11. The maximum Gasteiger partial charge on any atom is 0.226 e. The van der Waals surface area contributed by atoms with Crippen LogP contribution in [-0.2, 0) is 12.8 Å². The number of hydrogen-bond donors (Lipinski definition) is 0. The van der Waals surface area contributed by atoms with Crippen molar-refractivity contribution in [1.29, 1.82) is 0 Å². The largest absolute Gasteiger partial charge is 0.489 e. The number of ether oxygens (including phenoxy) is 1. The van der Waals surface area contributed by atoms with Crippen LogP contribution in [0.25, 0.3) is 11.4 Å². The number of aryl methyl sites for hydroxylation is 2. The molecule has 0 aliphatic carbocycles. The van der Waals surface area contributed by atoms with Crippen LogP contribution in [0.4, 0.5) is 0 Å². The quantitative estimate of drug-likeness (QED) is 0.610. The number of pyridine rings is 1. The van der Waals surface area contributed by atoms with Crippen molar-refractivity contribution >= 4 is 11.6 Å². The van der Waals surface area contributed by atoms with Crippen LogP contribution in [-0.4, -0.2) is 21.2 Å². The highest BCUT2D eigenvalue weighted by Gasteiger charge is 2.12. The summed E-state index contributed by atoms with van der Waals surface area (Å²) < 4.78 is 11.0. The zero-order chi connectivity index (χ0) is 17.6. The summed E-state index contributed by atoms with van der Waals surface area (Å²) >= 11 is 6.27. The topological polar surface area (TPSA) is 61.0 Å². The molecule has 5 nitrogen and oxygen atoms in total. The molecule has 3 aromatic rings. The van der Waals surface area contributed by atoms with Crippen LogP contribution in [0.5, 0.6) is 5.75 Å². The molecule has 1 aromatic carbocycles. The first-order valence-electron chi connectivity index (χ1n) is 8.30. The highest BCUT2D eigenvalue weighted by atomic mass is 35.5. The fourth-order valence-corrected chi connectivity index (χ4v) is 2.68. The summed E-state index contributed by atoms with van der Waals surface area (Å²) in [6.45, 7) is 3.92. The number of rotatable bonds is 7. The third-order valence-corrected chi connectivity index (χ3v) is 3.92. The molecule has 2 heterocycles. The van der Waals surface area contributed by atoms with Gasteiger partial charge >= 0.3 is 0 Å². The Hall–Kier alpha value is -2.40. The summed E-state index contributed by atoms with van der Waals surface area (Å²) in [6.07, 6.45) is 6.30. The zero-order valence-corrected chi connectivity index (χ0v) is 15.0. The Morgan fingerprint density at radius 2 is 1.92 bits per heavy atom. The number of halogens is 1. The second-order valence-corrected chi connectivity index (χ2v) is 6.44. The highest BCUT2D eigenvalue weighted by Crippen LogP contribution is 2.30. The second kappa shape index (κ2) is 8.12. The van der Waals surface area contributed by atoms with E-state index in [1.54, 1.807) is 18.5 Å². The smallest absolute Gasteiger partial charge is 0.226 e. The summed E-state index contributed by atoms with van der Waals surface area (Å²) in [5, 5.41) is 4.59. The first-order chi connectivity index (χ1) is 12.1. The Morgan fingerprint density at radius 3 is 2.64 bits per heavy atom. The van der Waals surface area contributed by atoms with E-state index in [0.717, 1.165) is 24.8 Å². The fraction of sp³-hybridized carbons (Fsp3) is 0.316. The second-order valence-electron chi connectivity index (χ2n) is 6.03. The molecule has 0 atom stereocenters. The van der Waals surface area contributed by atoms with E-state index in [9.17, 15) is 0 Å². The molecular weight excluding hydrogens is 338 g/mol. The minimum absolute atomic E-state index is 0.0699. The Balaban J connectivity index is 1.62. The average Bonchev–Trinajstić information content (AvgIpc) is 3.06. The molecule has 2 aromatic heterocycles. The van der Waals surface area contributed by atoms with E-state index in [2.05, 4.69) is 15.1 Å². The van der Waals surface area contributed by atoms with Gasteiger partial charge in [-0.15, -0.1) is 0 Å². The van der Waals surface area contributed by atoms with Gasteiger partial charge in [-0.05, 0) is 62.6 Å². The van der Waals surface area contributed by atoms with Gasteiger partial charge in [0.05, 0.1) is 11.1 Å². The van der Waals surface area contributed by atoms with E-state index in [4.69, 9.17) is 20.9 Å². The minimum atomic E-state index is 0.0699. The van der Waals surface area contributed by atoms with E-state index in [0.29, 0.717) is 22.5 Å². The maximum absolute atomic E-state index is 6.27. The molecular formula is C19H20ClN3O2. The van der Waals surface area contributed by atoms with Crippen molar-refractivity contribution in [3.05, 3.63) is 59.2 Å². The lowest BCUT2D eigenvalue weighted by molar-refractivity contribution is 0.242. The zero-order valence-electron chi connectivity index (χ0n) is 14.3. The van der Waals surface area contributed by atoms with Gasteiger partial charge in [0.2, 0.25) is 11.7 Å². The molecule has 0 N–H and O–H groups in total. The number of hydrogen-bond acceptors (Lipinski definition) is 5. The van der Waals surface area contributed by atoms with E-state index in [1.807, 2.05) is 38.1 Å². The van der Waals surface area contributed by atoms with Gasteiger partial charge in [0.1, 0.15) is 5.75 Å². The van der Waals surface area contributed by atoms with Gasteiger partial charge in [-0.1, -0.05) is 16.8 Å². The molecule has 0 unspecified atom stereocenters. The van der Waals surface area contributed by atoms with Gasteiger partial charge in [0.15, 0.2) is 0 Å².